The van der Waals surface area contributed by atoms with E-state index in [0.717, 1.165) is 23.2 Å². The summed E-state index contributed by atoms with van der Waals surface area (Å²) in [5, 5.41) is 1.81. The Labute approximate surface area is 135 Å². The van der Waals surface area contributed by atoms with Gasteiger partial charge in [-0.2, -0.15) is 0 Å². The smallest absolute Gasteiger partial charge is 0.0440 e. The van der Waals surface area contributed by atoms with Crippen molar-refractivity contribution in [3.8, 4) is 0 Å². The fourth-order valence-electron chi connectivity index (χ4n) is 2.60. The van der Waals surface area contributed by atoms with E-state index in [2.05, 4.69) is 78.3 Å². The van der Waals surface area contributed by atoms with E-state index in [1.54, 1.807) is 0 Å². The minimum absolute atomic E-state index is 0.0974. The Morgan fingerprint density at radius 1 is 1.10 bits per heavy atom. The van der Waals surface area contributed by atoms with Gasteiger partial charge in [0.2, 0.25) is 0 Å². The molecule has 0 radical (unpaired) electrons. The number of alkyl halides is 1. The van der Waals surface area contributed by atoms with Crippen LogP contribution in [-0.4, -0.2) is 5.33 Å². The average molecular weight is 352 g/mol. The van der Waals surface area contributed by atoms with E-state index in [1.165, 1.54) is 16.7 Å². The summed E-state index contributed by atoms with van der Waals surface area (Å²) < 4.78 is 0. The van der Waals surface area contributed by atoms with Crippen LogP contribution in [0.5, 0.6) is 0 Å². The minimum atomic E-state index is 0.0974. The van der Waals surface area contributed by atoms with Gasteiger partial charge in [0.1, 0.15) is 0 Å². The van der Waals surface area contributed by atoms with Crippen molar-refractivity contribution in [3.63, 3.8) is 0 Å². The summed E-state index contributed by atoms with van der Waals surface area (Å²) in [6.07, 6.45) is 2.03. The molecule has 0 amide bonds. The molecule has 2 aromatic carbocycles. The van der Waals surface area contributed by atoms with Crippen LogP contribution in [0.3, 0.4) is 0 Å². The van der Waals surface area contributed by atoms with Crippen LogP contribution in [0.4, 0.5) is 0 Å². The van der Waals surface area contributed by atoms with Crippen LogP contribution in [0.1, 0.15) is 30.0 Å². The molecule has 2 heteroatoms. The molecule has 1 unspecified atom stereocenters. The van der Waals surface area contributed by atoms with Crippen LogP contribution in [-0.2, 0) is 11.8 Å². The van der Waals surface area contributed by atoms with E-state index in [4.69, 9.17) is 11.6 Å². The largest absolute Gasteiger partial charge is 0.0918 e. The summed E-state index contributed by atoms with van der Waals surface area (Å²) in [4.78, 5) is 0. The molecule has 0 aliphatic carbocycles. The average Bonchev–Trinajstić information content (AvgIpc) is 2.48. The second-order valence-corrected chi connectivity index (χ2v) is 6.37. The highest BCUT2D eigenvalue weighted by Gasteiger charge is 2.30. The number of benzene rings is 2. The van der Waals surface area contributed by atoms with Crippen molar-refractivity contribution in [1.82, 2.24) is 0 Å². The van der Waals surface area contributed by atoms with Gasteiger partial charge in [-0.3, -0.25) is 0 Å². The first-order valence-electron chi connectivity index (χ1n) is 6.98. The predicted octanol–water partition coefficient (Wildman–Crippen LogP) is 5.93. The van der Waals surface area contributed by atoms with Gasteiger partial charge in [0.15, 0.2) is 0 Å². The summed E-state index contributed by atoms with van der Waals surface area (Å²) in [6, 6.07) is 17.1. The molecule has 0 N–H and O–H groups in total. The summed E-state index contributed by atoms with van der Waals surface area (Å²) >= 11 is 10.1. The first-order chi connectivity index (χ1) is 9.61. The van der Waals surface area contributed by atoms with Crippen LogP contribution >= 0.6 is 27.5 Å². The molecular weight excluding hydrogens is 332 g/mol. The first kappa shape index (κ1) is 15.6. The van der Waals surface area contributed by atoms with E-state index in [0.29, 0.717) is 0 Å². The third kappa shape index (κ3) is 3.27. The summed E-state index contributed by atoms with van der Waals surface area (Å²) in [5.74, 6) is 0. The van der Waals surface area contributed by atoms with Crippen molar-refractivity contribution in [2.75, 3.05) is 5.33 Å². The molecule has 0 fully saturated rings. The normalized spacial score (nSPS) is 14.0. The maximum Gasteiger partial charge on any atom is 0.0440 e. The zero-order valence-electron chi connectivity index (χ0n) is 12.0. The van der Waals surface area contributed by atoms with E-state index in [1.807, 2.05) is 0 Å². The minimum Gasteiger partial charge on any atom is -0.0918 e. The third-order valence-corrected chi connectivity index (χ3v) is 5.48. The third-order valence-electron chi connectivity index (χ3n) is 4.06. The predicted molar refractivity (Wildman–Crippen MR) is 92.1 cm³/mol. The highest BCUT2D eigenvalue weighted by molar-refractivity contribution is 9.09. The zero-order chi connectivity index (χ0) is 14.6. The molecule has 0 spiro atoms. The van der Waals surface area contributed by atoms with Crippen molar-refractivity contribution in [2.24, 2.45) is 0 Å². The highest BCUT2D eigenvalue weighted by Crippen LogP contribution is 2.35. The molecule has 0 nitrogen and oxygen atoms in total. The number of hydrogen-bond donors (Lipinski definition) is 0. The van der Waals surface area contributed by atoms with Crippen molar-refractivity contribution in [2.45, 2.75) is 32.1 Å². The van der Waals surface area contributed by atoms with Crippen molar-refractivity contribution in [3.05, 3.63) is 70.2 Å². The second-order valence-electron chi connectivity index (χ2n) is 5.41. The maximum atomic E-state index is 6.42. The Kier molecular flexibility index (Phi) is 5.29. The Bertz CT molecular complexity index is 559. The van der Waals surface area contributed by atoms with Gasteiger partial charge < -0.3 is 0 Å². The van der Waals surface area contributed by atoms with E-state index >= 15 is 0 Å². The number of hydrogen-bond acceptors (Lipinski definition) is 0. The number of aryl methyl sites for hydroxylation is 1. The van der Waals surface area contributed by atoms with Crippen LogP contribution in [0.15, 0.2) is 48.5 Å². The molecule has 0 bridgehead atoms. The summed E-state index contributed by atoms with van der Waals surface area (Å²) in [5.41, 5.74) is 3.90. The highest BCUT2D eigenvalue weighted by atomic mass is 79.9. The van der Waals surface area contributed by atoms with Gasteiger partial charge in [0.05, 0.1) is 0 Å². The van der Waals surface area contributed by atoms with Gasteiger partial charge in [-0.1, -0.05) is 76.9 Å². The molecule has 2 aromatic rings. The monoisotopic (exact) mass is 350 g/mol. The molecule has 0 saturated carbocycles. The van der Waals surface area contributed by atoms with Gasteiger partial charge in [0, 0.05) is 15.8 Å². The molecule has 106 valence electrons. The molecule has 2 rings (SSSR count). The first-order valence-corrected chi connectivity index (χ1v) is 8.48. The number of halogens is 2. The van der Waals surface area contributed by atoms with Gasteiger partial charge >= 0.3 is 0 Å². The second kappa shape index (κ2) is 6.78. The van der Waals surface area contributed by atoms with E-state index < -0.39 is 0 Å². The fraction of sp³-hybridized carbons (Fsp3) is 0.333. The summed E-state index contributed by atoms with van der Waals surface area (Å²) in [7, 11) is 0. The van der Waals surface area contributed by atoms with Gasteiger partial charge in [-0.15, -0.1) is 0 Å². The Morgan fingerprint density at radius 3 is 2.35 bits per heavy atom. The van der Waals surface area contributed by atoms with Gasteiger partial charge in [-0.05, 0) is 42.5 Å². The quantitative estimate of drug-likeness (QED) is 0.585. The topological polar surface area (TPSA) is 0 Å². The molecule has 0 saturated heterocycles. The molecule has 0 heterocycles. The summed E-state index contributed by atoms with van der Waals surface area (Å²) in [6.45, 7) is 4.32. The Hall–Kier alpha value is -0.790. The Balaban J connectivity index is 2.39. The molecule has 1 atom stereocenters. The number of rotatable bonds is 5. The fourth-order valence-corrected chi connectivity index (χ4v) is 3.82. The maximum absolute atomic E-state index is 6.42. The molecule has 0 aromatic heterocycles. The van der Waals surface area contributed by atoms with Gasteiger partial charge in [0.25, 0.3) is 0 Å². The van der Waals surface area contributed by atoms with Crippen LogP contribution < -0.4 is 0 Å². The van der Waals surface area contributed by atoms with E-state index in [-0.39, 0.29) is 5.41 Å². The lowest BCUT2D eigenvalue weighted by atomic mass is 9.75. The molecule has 0 aliphatic heterocycles. The Morgan fingerprint density at radius 2 is 1.80 bits per heavy atom. The zero-order valence-corrected chi connectivity index (χ0v) is 14.3. The van der Waals surface area contributed by atoms with Crippen LogP contribution in [0.2, 0.25) is 5.02 Å². The lowest BCUT2D eigenvalue weighted by Gasteiger charge is -2.32. The lowest BCUT2D eigenvalue weighted by Crippen LogP contribution is -2.30. The van der Waals surface area contributed by atoms with Crippen molar-refractivity contribution in [1.29, 1.82) is 0 Å². The SMILES string of the molecule is CCC(CBr)(Cc1ccc(C)cc1Cl)c1ccccc1. The van der Waals surface area contributed by atoms with Crippen molar-refractivity contribution >= 4 is 27.5 Å². The van der Waals surface area contributed by atoms with Gasteiger partial charge in [-0.25, -0.2) is 0 Å². The molecular formula is C18H20BrCl. The van der Waals surface area contributed by atoms with E-state index in [9.17, 15) is 0 Å². The standard InChI is InChI=1S/C18H20BrCl/c1-3-18(13-19,16-7-5-4-6-8-16)12-15-10-9-14(2)11-17(15)20/h4-11H,3,12-13H2,1-2H3. The lowest BCUT2D eigenvalue weighted by molar-refractivity contribution is 0.464. The van der Waals surface area contributed by atoms with Crippen molar-refractivity contribution < 1.29 is 0 Å². The van der Waals surface area contributed by atoms with Crippen LogP contribution in [0, 0.1) is 6.92 Å². The molecule has 0 aliphatic rings. The van der Waals surface area contributed by atoms with Crippen LogP contribution in [0.25, 0.3) is 0 Å². The molecule has 20 heavy (non-hydrogen) atoms.